The molecule has 1 aromatic rings. The van der Waals surface area contributed by atoms with Crippen LogP contribution in [0.3, 0.4) is 0 Å². The Morgan fingerprint density at radius 2 is 2.42 bits per heavy atom. The fraction of sp³-hybridized carbons (Fsp3) is 0.786. The molecule has 5 heteroatoms. The molecule has 2 rings (SSSR count). The monoisotopic (exact) mass is 267 g/mol. The zero-order chi connectivity index (χ0) is 13.5. The molecular formula is C14H25N3O2. The molecule has 1 aromatic heterocycles. The Balaban J connectivity index is 1.87. The SMILES string of the molecule is CCCOC1CCCN(c2nc(CNCC)co2)C1. The summed E-state index contributed by atoms with van der Waals surface area (Å²) in [5.74, 6) is 0. The molecule has 0 aliphatic carbocycles. The van der Waals surface area contributed by atoms with Gasteiger partial charge < -0.3 is 19.4 Å². The molecule has 0 saturated carbocycles. The molecule has 1 aliphatic heterocycles. The van der Waals surface area contributed by atoms with Crippen LogP contribution in [0.2, 0.25) is 0 Å². The number of rotatable bonds is 7. The zero-order valence-corrected chi connectivity index (χ0v) is 12.0. The largest absolute Gasteiger partial charge is 0.432 e. The van der Waals surface area contributed by atoms with Gasteiger partial charge in [-0.05, 0) is 25.8 Å². The van der Waals surface area contributed by atoms with Crippen molar-refractivity contribution in [1.29, 1.82) is 0 Å². The topological polar surface area (TPSA) is 50.5 Å². The molecule has 0 bridgehead atoms. The summed E-state index contributed by atoms with van der Waals surface area (Å²) in [6.45, 7) is 8.68. The highest BCUT2D eigenvalue weighted by atomic mass is 16.5. The van der Waals surface area contributed by atoms with Crippen molar-refractivity contribution < 1.29 is 9.15 Å². The average molecular weight is 267 g/mol. The van der Waals surface area contributed by atoms with Gasteiger partial charge in [-0.25, -0.2) is 0 Å². The smallest absolute Gasteiger partial charge is 0.297 e. The third kappa shape index (κ3) is 4.21. The fourth-order valence-corrected chi connectivity index (χ4v) is 2.31. The van der Waals surface area contributed by atoms with Crippen LogP contribution in [-0.4, -0.2) is 37.3 Å². The van der Waals surface area contributed by atoms with Crippen molar-refractivity contribution >= 4 is 6.01 Å². The number of nitrogens with zero attached hydrogens (tertiary/aromatic N) is 2. The standard InChI is InChI=1S/C14H25N3O2/c1-3-8-18-13-6-5-7-17(10-13)14-16-12(11-19-14)9-15-4-2/h11,13,15H,3-10H2,1-2H3. The maximum Gasteiger partial charge on any atom is 0.297 e. The van der Waals surface area contributed by atoms with E-state index in [9.17, 15) is 0 Å². The van der Waals surface area contributed by atoms with Crippen LogP contribution in [0.5, 0.6) is 0 Å². The van der Waals surface area contributed by atoms with E-state index in [-0.39, 0.29) is 0 Å². The molecule has 0 aromatic carbocycles. The minimum atomic E-state index is 0.317. The third-order valence-corrected chi connectivity index (χ3v) is 3.30. The molecular weight excluding hydrogens is 242 g/mol. The molecule has 108 valence electrons. The number of oxazole rings is 1. The Morgan fingerprint density at radius 1 is 1.53 bits per heavy atom. The van der Waals surface area contributed by atoms with Crippen molar-refractivity contribution in [2.75, 3.05) is 31.1 Å². The van der Waals surface area contributed by atoms with Crippen molar-refractivity contribution in [3.05, 3.63) is 12.0 Å². The van der Waals surface area contributed by atoms with Gasteiger partial charge in [0.2, 0.25) is 0 Å². The highest BCUT2D eigenvalue weighted by molar-refractivity contribution is 5.28. The van der Waals surface area contributed by atoms with E-state index in [1.54, 1.807) is 6.26 Å². The zero-order valence-electron chi connectivity index (χ0n) is 12.0. The van der Waals surface area contributed by atoms with Gasteiger partial charge in [0.15, 0.2) is 0 Å². The summed E-state index contributed by atoms with van der Waals surface area (Å²) in [4.78, 5) is 6.72. The predicted molar refractivity (Wildman–Crippen MR) is 75.4 cm³/mol. The van der Waals surface area contributed by atoms with Gasteiger partial charge in [-0.2, -0.15) is 4.98 Å². The molecule has 1 saturated heterocycles. The van der Waals surface area contributed by atoms with Crippen molar-refractivity contribution in [2.45, 2.75) is 45.8 Å². The lowest BCUT2D eigenvalue weighted by Crippen LogP contribution is -2.40. The summed E-state index contributed by atoms with van der Waals surface area (Å²) in [5.41, 5.74) is 0.966. The van der Waals surface area contributed by atoms with Crippen LogP contribution < -0.4 is 10.2 Å². The van der Waals surface area contributed by atoms with E-state index < -0.39 is 0 Å². The van der Waals surface area contributed by atoms with E-state index in [4.69, 9.17) is 9.15 Å². The van der Waals surface area contributed by atoms with Gasteiger partial charge in [0.25, 0.3) is 6.01 Å². The van der Waals surface area contributed by atoms with Crippen molar-refractivity contribution in [3.63, 3.8) is 0 Å². The first kappa shape index (κ1) is 14.3. The van der Waals surface area contributed by atoms with Gasteiger partial charge in [-0.1, -0.05) is 13.8 Å². The fourth-order valence-electron chi connectivity index (χ4n) is 2.31. The van der Waals surface area contributed by atoms with Crippen molar-refractivity contribution in [1.82, 2.24) is 10.3 Å². The third-order valence-electron chi connectivity index (χ3n) is 3.30. The van der Waals surface area contributed by atoms with Crippen LogP contribution in [0.25, 0.3) is 0 Å². The summed E-state index contributed by atoms with van der Waals surface area (Å²) in [6.07, 6.45) is 5.41. The normalized spacial score (nSPS) is 19.9. The van der Waals surface area contributed by atoms with E-state index in [0.717, 1.165) is 63.8 Å². The Hall–Kier alpha value is -1.07. The number of ether oxygens (including phenoxy) is 1. The lowest BCUT2D eigenvalue weighted by atomic mass is 10.1. The summed E-state index contributed by atoms with van der Waals surface area (Å²) in [7, 11) is 0. The Kier molecular flexibility index (Phi) is 5.66. The first-order valence-electron chi connectivity index (χ1n) is 7.35. The predicted octanol–water partition coefficient (Wildman–Crippen LogP) is 2.18. The van der Waals surface area contributed by atoms with Gasteiger partial charge in [-0.3, -0.25) is 0 Å². The Morgan fingerprint density at radius 3 is 3.21 bits per heavy atom. The van der Waals surface area contributed by atoms with Crippen LogP contribution >= 0.6 is 0 Å². The molecule has 2 heterocycles. The molecule has 0 spiro atoms. The van der Waals surface area contributed by atoms with Gasteiger partial charge in [0.1, 0.15) is 6.26 Å². The Bertz CT molecular complexity index is 367. The molecule has 1 atom stereocenters. The number of hydrogen-bond donors (Lipinski definition) is 1. The van der Waals surface area contributed by atoms with Crippen LogP contribution in [0, 0.1) is 0 Å². The number of nitrogens with one attached hydrogen (secondary N) is 1. The number of hydrogen-bond acceptors (Lipinski definition) is 5. The second-order valence-corrected chi connectivity index (χ2v) is 4.98. The molecule has 0 radical (unpaired) electrons. The lowest BCUT2D eigenvalue weighted by molar-refractivity contribution is 0.0431. The van der Waals surface area contributed by atoms with Crippen molar-refractivity contribution in [2.24, 2.45) is 0 Å². The van der Waals surface area contributed by atoms with Crippen LogP contribution in [0.15, 0.2) is 10.7 Å². The van der Waals surface area contributed by atoms with Crippen LogP contribution in [0.4, 0.5) is 6.01 Å². The second-order valence-electron chi connectivity index (χ2n) is 4.98. The van der Waals surface area contributed by atoms with E-state index in [0.29, 0.717) is 6.10 Å². The molecule has 1 unspecified atom stereocenters. The maximum absolute atomic E-state index is 5.83. The first-order chi connectivity index (χ1) is 9.33. The molecule has 1 fully saturated rings. The summed E-state index contributed by atoms with van der Waals surface area (Å²) >= 11 is 0. The minimum absolute atomic E-state index is 0.317. The molecule has 0 amide bonds. The van der Waals surface area contributed by atoms with Crippen LogP contribution in [-0.2, 0) is 11.3 Å². The average Bonchev–Trinajstić information content (AvgIpc) is 2.92. The van der Waals surface area contributed by atoms with E-state index >= 15 is 0 Å². The Labute approximate surface area is 115 Å². The summed E-state index contributed by atoms with van der Waals surface area (Å²) in [5, 5.41) is 3.25. The van der Waals surface area contributed by atoms with Gasteiger partial charge in [-0.15, -0.1) is 0 Å². The molecule has 19 heavy (non-hydrogen) atoms. The summed E-state index contributed by atoms with van der Waals surface area (Å²) < 4.78 is 11.4. The van der Waals surface area contributed by atoms with E-state index in [1.165, 1.54) is 0 Å². The number of aromatic nitrogens is 1. The van der Waals surface area contributed by atoms with E-state index in [2.05, 4.69) is 29.0 Å². The van der Waals surface area contributed by atoms with Crippen molar-refractivity contribution in [3.8, 4) is 0 Å². The quantitative estimate of drug-likeness (QED) is 0.820. The molecule has 1 aliphatic rings. The lowest BCUT2D eigenvalue weighted by Gasteiger charge is -2.31. The van der Waals surface area contributed by atoms with E-state index in [1.807, 2.05) is 0 Å². The first-order valence-corrected chi connectivity index (χ1v) is 7.35. The minimum Gasteiger partial charge on any atom is -0.432 e. The van der Waals surface area contributed by atoms with Crippen LogP contribution in [0.1, 0.15) is 38.8 Å². The highest BCUT2D eigenvalue weighted by Gasteiger charge is 2.23. The molecule has 1 N–H and O–H groups in total. The maximum atomic E-state index is 5.83. The molecule has 5 nitrogen and oxygen atoms in total. The second kappa shape index (κ2) is 7.50. The van der Waals surface area contributed by atoms with Gasteiger partial charge >= 0.3 is 0 Å². The number of anilines is 1. The summed E-state index contributed by atoms with van der Waals surface area (Å²) in [6, 6.07) is 0.734. The highest BCUT2D eigenvalue weighted by Crippen LogP contribution is 2.21. The number of piperidine rings is 1. The van der Waals surface area contributed by atoms with Gasteiger partial charge in [0, 0.05) is 26.2 Å². The van der Waals surface area contributed by atoms with Gasteiger partial charge in [0.05, 0.1) is 11.8 Å².